The second kappa shape index (κ2) is 8.90. The molecule has 0 N–H and O–H groups in total. The number of carbonyl (C=O) groups is 1. The van der Waals surface area contributed by atoms with E-state index in [2.05, 4.69) is 33.5 Å². The average molecular weight is 257 g/mol. The van der Waals surface area contributed by atoms with E-state index in [0.29, 0.717) is 11.3 Å². The SMILES string of the molecule is CCCCCC(=O)C(CCCCC)[Si](C)(C)C. The Balaban J connectivity index is 4.21. The number of hydrogen-bond donors (Lipinski definition) is 0. The van der Waals surface area contributed by atoms with Crippen LogP contribution in [-0.2, 0) is 4.79 Å². The van der Waals surface area contributed by atoms with Crippen LogP contribution in [0.4, 0.5) is 0 Å². The monoisotopic (exact) mass is 256 g/mol. The number of rotatable bonds is 10. The third kappa shape index (κ3) is 7.75. The predicted octanol–water partition coefficient (Wildman–Crippen LogP) is 5.42. The van der Waals surface area contributed by atoms with E-state index in [1.54, 1.807) is 0 Å². The van der Waals surface area contributed by atoms with E-state index >= 15 is 0 Å². The van der Waals surface area contributed by atoms with Crippen molar-refractivity contribution in [1.82, 2.24) is 0 Å². The lowest BCUT2D eigenvalue weighted by molar-refractivity contribution is -0.119. The van der Waals surface area contributed by atoms with E-state index in [1.165, 1.54) is 32.1 Å². The van der Waals surface area contributed by atoms with Gasteiger partial charge in [0.05, 0.1) is 8.07 Å². The molecule has 0 aromatic heterocycles. The molecule has 1 nitrogen and oxygen atoms in total. The van der Waals surface area contributed by atoms with Gasteiger partial charge in [-0.05, 0) is 12.8 Å². The summed E-state index contributed by atoms with van der Waals surface area (Å²) in [6, 6.07) is 0. The van der Waals surface area contributed by atoms with Crippen molar-refractivity contribution in [3.05, 3.63) is 0 Å². The fourth-order valence-corrected chi connectivity index (χ4v) is 4.58. The molecule has 0 saturated heterocycles. The van der Waals surface area contributed by atoms with Gasteiger partial charge in [-0.3, -0.25) is 4.79 Å². The average Bonchev–Trinajstić information content (AvgIpc) is 2.23. The molecule has 0 aliphatic rings. The summed E-state index contributed by atoms with van der Waals surface area (Å²) >= 11 is 0. The first-order chi connectivity index (χ1) is 7.93. The van der Waals surface area contributed by atoms with Gasteiger partial charge in [-0.15, -0.1) is 0 Å². The fraction of sp³-hybridized carbons (Fsp3) is 0.933. The molecular formula is C15H32OSi. The molecule has 0 bridgehead atoms. The van der Waals surface area contributed by atoms with Crippen LogP contribution in [0.5, 0.6) is 0 Å². The van der Waals surface area contributed by atoms with Crippen LogP contribution in [0.1, 0.15) is 65.2 Å². The van der Waals surface area contributed by atoms with Crippen LogP contribution < -0.4 is 0 Å². The Morgan fingerprint density at radius 1 is 0.941 bits per heavy atom. The number of Topliss-reactive ketones (excluding diaryl/α,β-unsaturated/α-hetero) is 1. The summed E-state index contributed by atoms with van der Waals surface area (Å²) in [4.78, 5) is 12.3. The van der Waals surface area contributed by atoms with Gasteiger partial charge in [0.15, 0.2) is 0 Å². The van der Waals surface area contributed by atoms with Crippen molar-refractivity contribution in [3.8, 4) is 0 Å². The Morgan fingerprint density at radius 3 is 1.94 bits per heavy atom. The molecule has 0 amide bonds. The molecule has 102 valence electrons. The van der Waals surface area contributed by atoms with E-state index in [-0.39, 0.29) is 0 Å². The largest absolute Gasteiger partial charge is 0.300 e. The summed E-state index contributed by atoms with van der Waals surface area (Å²) in [5.74, 6) is 0.564. The quantitative estimate of drug-likeness (QED) is 0.376. The van der Waals surface area contributed by atoms with E-state index < -0.39 is 8.07 Å². The summed E-state index contributed by atoms with van der Waals surface area (Å²) in [5.41, 5.74) is 0.408. The zero-order chi connectivity index (χ0) is 13.3. The van der Waals surface area contributed by atoms with Gasteiger partial charge in [0.2, 0.25) is 0 Å². The maximum absolute atomic E-state index is 12.3. The molecule has 0 fully saturated rings. The lowest BCUT2D eigenvalue weighted by Crippen LogP contribution is -2.33. The van der Waals surface area contributed by atoms with Gasteiger partial charge < -0.3 is 0 Å². The first-order valence-electron chi connectivity index (χ1n) is 7.46. The number of hydrogen-bond acceptors (Lipinski definition) is 1. The second-order valence-electron chi connectivity index (χ2n) is 6.34. The fourth-order valence-electron chi connectivity index (χ4n) is 2.40. The van der Waals surface area contributed by atoms with E-state index in [4.69, 9.17) is 0 Å². The Morgan fingerprint density at radius 2 is 1.47 bits per heavy atom. The maximum atomic E-state index is 12.3. The van der Waals surface area contributed by atoms with Gasteiger partial charge in [0.1, 0.15) is 5.78 Å². The van der Waals surface area contributed by atoms with Crippen LogP contribution >= 0.6 is 0 Å². The molecule has 2 heteroatoms. The molecule has 1 atom stereocenters. The van der Waals surface area contributed by atoms with Crippen LogP contribution in [-0.4, -0.2) is 13.9 Å². The van der Waals surface area contributed by atoms with Crippen molar-refractivity contribution in [2.45, 2.75) is 90.4 Å². The lowest BCUT2D eigenvalue weighted by Gasteiger charge is -2.28. The minimum Gasteiger partial charge on any atom is -0.300 e. The third-order valence-corrected chi connectivity index (χ3v) is 6.26. The summed E-state index contributed by atoms with van der Waals surface area (Å²) in [5, 5.41) is 0. The number of ketones is 1. The van der Waals surface area contributed by atoms with E-state index in [0.717, 1.165) is 19.3 Å². The van der Waals surface area contributed by atoms with Gasteiger partial charge in [0, 0.05) is 12.0 Å². The third-order valence-electron chi connectivity index (χ3n) is 3.56. The van der Waals surface area contributed by atoms with Crippen molar-refractivity contribution in [2.75, 3.05) is 0 Å². The van der Waals surface area contributed by atoms with Crippen molar-refractivity contribution in [2.24, 2.45) is 0 Å². The van der Waals surface area contributed by atoms with Crippen LogP contribution in [0.15, 0.2) is 0 Å². The Hall–Kier alpha value is -0.113. The molecule has 0 aliphatic heterocycles. The lowest BCUT2D eigenvalue weighted by atomic mass is 10.0. The Kier molecular flexibility index (Phi) is 8.84. The summed E-state index contributed by atoms with van der Waals surface area (Å²) < 4.78 is 0. The highest BCUT2D eigenvalue weighted by atomic mass is 28.3. The Bertz CT molecular complexity index is 205. The Labute approximate surface area is 109 Å². The zero-order valence-electron chi connectivity index (χ0n) is 12.6. The van der Waals surface area contributed by atoms with Crippen LogP contribution in [0.25, 0.3) is 0 Å². The minimum atomic E-state index is -1.31. The normalized spacial score (nSPS) is 13.7. The molecule has 0 saturated carbocycles. The van der Waals surface area contributed by atoms with E-state index in [9.17, 15) is 4.79 Å². The molecule has 0 spiro atoms. The topological polar surface area (TPSA) is 17.1 Å². The van der Waals surface area contributed by atoms with Crippen LogP contribution in [0.3, 0.4) is 0 Å². The molecule has 0 rings (SSSR count). The van der Waals surface area contributed by atoms with Gasteiger partial charge in [-0.2, -0.15) is 0 Å². The van der Waals surface area contributed by atoms with Crippen molar-refractivity contribution >= 4 is 13.9 Å². The second-order valence-corrected chi connectivity index (χ2v) is 11.8. The molecular weight excluding hydrogens is 224 g/mol. The molecule has 0 aromatic rings. The van der Waals surface area contributed by atoms with Crippen molar-refractivity contribution in [3.63, 3.8) is 0 Å². The van der Waals surface area contributed by atoms with Gasteiger partial charge in [0.25, 0.3) is 0 Å². The van der Waals surface area contributed by atoms with Crippen LogP contribution in [0.2, 0.25) is 25.2 Å². The number of carbonyl (C=O) groups excluding carboxylic acids is 1. The van der Waals surface area contributed by atoms with Crippen molar-refractivity contribution in [1.29, 1.82) is 0 Å². The molecule has 0 aliphatic carbocycles. The van der Waals surface area contributed by atoms with E-state index in [1.807, 2.05) is 0 Å². The molecule has 0 heterocycles. The minimum absolute atomic E-state index is 0.408. The predicted molar refractivity (Wildman–Crippen MR) is 80.4 cm³/mol. The summed E-state index contributed by atoms with van der Waals surface area (Å²) in [6.45, 7) is 11.5. The highest BCUT2D eigenvalue weighted by Crippen LogP contribution is 2.30. The summed E-state index contributed by atoms with van der Waals surface area (Å²) in [6.07, 6.45) is 9.27. The molecule has 1 unspecified atom stereocenters. The highest BCUT2D eigenvalue weighted by Gasteiger charge is 2.31. The van der Waals surface area contributed by atoms with Gasteiger partial charge in [-0.1, -0.05) is 65.6 Å². The first-order valence-corrected chi connectivity index (χ1v) is 11.0. The standard InChI is InChI=1S/C15H32OSi/c1-6-8-10-12-14(16)15(17(3,4)5)13-11-9-7-2/h15H,6-13H2,1-5H3. The van der Waals surface area contributed by atoms with Gasteiger partial charge >= 0.3 is 0 Å². The maximum Gasteiger partial charge on any atom is 0.133 e. The van der Waals surface area contributed by atoms with Crippen LogP contribution in [0, 0.1) is 0 Å². The number of unbranched alkanes of at least 4 members (excludes halogenated alkanes) is 4. The zero-order valence-corrected chi connectivity index (χ0v) is 13.6. The smallest absolute Gasteiger partial charge is 0.133 e. The summed E-state index contributed by atoms with van der Waals surface area (Å²) in [7, 11) is -1.31. The van der Waals surface area contributed by atoms with Crippen molar-refractivity contribution < 1.29 is 4.79 Å². The molecule has 0 aromatic carbocycles. The highest BCUT2D eigenvalue weighted by molar-refractivity contribution is 6.80. The molecule has 17 heavy (non-hydrogen) atoms. The molecule has 0 radical (unpaired) electrons. The van der Waals surface area contributed by atoms with Gasteiger partial charge in [-0.25, -0.2) is 0 Å². The first kappa shape index (κ1) is 16.9.